The van der Waals surface area contributed by atoms with Gasteiger partial charge in [-0.15, -0.1) is 0 Å². The van der Waals surface area contributed by atoms with Crippen LogP contribution in [0.1, 0.15) is 92.9 Å². The molecule has 0 heterocycles. The van der Waals surface area contributed by atoms with E-state index in [4.69, 9.17) is 0 Å². The highest BCUT2D eigenvalue weighted by atomic mass is 14.6. The minimum atomic E-state index is 0.443. The lowest BCUT2D eigenvalue weighted by molar-refractivity contribution is 0.0566. The Kier molecular flexibility index (Phi) is 5.47. The van der Waals surface area contributed by atoms with E-state index in [1.165, 1.54) is 51.4 Å². The Bertz CT molecular complexity index is 676. The molecule has 0 aromatic carbocycles. The van der Waals surface area contributed by atoms with E-state index in [2.05, 4.69) is 65.8 Å². The smallest absolute Gasteiger partial charge is 0.00764 e. The van der Waals surface area contributed by atoms with Crippen LogP contribution in [0.5, 0.6) is 0 Å². The van der Waals surface area contributed by atoms with Crippen molar-refractivity contribution < 1.29 is 0 Å². The number of allylic oxidation sites excluding steroid dienone is 6. The molecule has 1 unspecified atom stereocenters. The Labute approximate surface area is 175 Å². The standard InChI is InChI=1S/C28H44/c1-19(2)20(3)10-11-21(4)24-14-15-25-23-13-12-22-9-7-8-17-27(22,5)26(23)16-18-28(24,25)6/h10-13,19-22,24,26H,7-9,14-18H2,1-6H3/t20-,21+,22?,24+,26-,27-,28+/m0/s1. The van der Waals surface area contributed by atoms with Crippen LogP contribution in [-0.2, 0) is 0 Å². The lowest BCUT2D eigenvalue weighted by Crippen LogP contribution is -2.44. The van der Waals surface area contributed by atoms with Crippen LogP contribution in [-0.4, -0.2) is 0 Å². The third-order valence-electron chi connectivity index (χ3n) is 9.93. The molecule has 0 bridgehead atoms. The van der Waals surface area contributed by atoms with Gasteiger partial charge in [-0.25, -0.2) is 0 Å². The van der Waals surface area contributed by atoms with Gasteiger partial charge in [0, 0.05) is 0 Å². The van der Waals surface area contributed by atoms with Gasteiger partial charge >= 0.3 is 0 Å². The SMILES string of the molecule is CC(C)[C@@H](C)C=C[C@@H](C)[C@H]1CCC2=C3C=CC4CCCC[C@]4(C)[C@H]3CC[C@@]21C. The summed E-state index contributed by atoms with van der Waals surface area (Å²) in [4.78, 5) is 0. The first kappa shape index (κ1) is 20.5. The van der Waals surface area contributed by atoms with Crippen molar-refractivity contribution in [3.63, 3.8) is 0 Å². The van der Waals surface area contributed by atoms with E-state index in [1.54, 1.807) is 5.57 Å². The largest absolute Gasteiger partial charge is 0.0852 e. The Balaban J connectivity index is 1.61. The predicted octanol–water partition coefficient (Wildman–Crippen LogP) is 8.36. The number of fused-ring (bicyclic) bond motifs is 4. The summed E-state index contributed by atoms with van der Waals surface area (Å²) in [6.45, 7) is 14.8. The van der Waals surface area contributed by atoms with Gasteiger partial charge < -0.3 is 0 Å². The van der Waals surface area contributed by atoms with Crippen molar-refractivity contribution in [1.82, 2.24) is 0 Å². The van der Waals surface area contributed by atoms with Gasteiger partial charge in [-0.05, 0) is 90.4 Å². The first-order valence-electron chi connectivity index (χ1n) is 12.4. The molecule has 0 radical (unpaired) electrons. The average molecular weight is 381 g/mol. The van der Waals surface area contributed by atoms with Crippen molar-refractivity contribution in [2.24, 2.45) is 46.3 Å². The maximum Gasteiger partial charge on any atom is -0.00764 e. The van der Waals surface area contributed by atoms with E-state index in [0.717, 1.165) is 23.7 Å². The molecular weight excluding hydrogens is 336 g/mol. The molecule has 4 rings (SSSR count). The highest BCUT2D eigenvalue weighted by Crippen LogP contribution is 2.64. The molecule has 2 fully saturated rings. The number of hydrogen-bond acceptors (Lipinski definition) is 0. The van der Waals surface area contributed by atoms with Crippen molar-refractivity contribution in [2.45, 2.75) is 92.9 Å². The highest BCUT2D eigenvalue weighted by Gasteiger charge is 2.53. The van der Waals surface area contributed by atoms with Crippen LogP contribution in [0.4, 0.5) is 0 Å². The van der Waals surface area contributed by atoms with Gasteiger partial charge in [0.05, 0.1) is 0 Å². The van der Waals surface area contributed by atoms with Gasteiger partial charge in [0.25, 0.3) is 0 Å². The topological polar surface area (TPSA) is 0 Å². The summed E-state index contributed by atoms with van der Waals surface area (Å²) in [5.41, 5.74) is 4.65. The van der Waals surface area contributed by atoms with E-state index in [9.17, 15) is 0 Å². The summed E-state index contributed by atoms with van der Waals surface area (Å²) in [7, 11) is 0. The molecule has 4 aliphatic carbocycles. The maximum atomic E-state index is 2.64. The Morgan fingerprint density at radius 3 is 2.50 bits per heavy atom. The molecule has 7 atom stereocenters. The lowest BCUT2D eigenvalue weighted by Gasteiger charge is -2.54. The third-order valence-corrected chi connectivity index (χ3v) is 9.93. The number of rotatable bonds is 4. The van der Waals surface area contributed by atoms with Gasteiger partial charge in [-0.2, -0.15) is 0 Å². The van der Waals surface area contributed by atoms with Crippen LogP contribution in [0.25, 0.3) is 0 Å². The molecule has 0 aliphatic heterocycles. The van der Waals surface area contributed by atoms with E-state index in [-0.39, 0.29) is 0 Å². The third kappa shape index (κ3) is 3.18. The summed E-state index contributed by atoms with van der Waals surface area (Å²) in [5.74, 6) is 4.65. The zero-order valence-electron chi connectivity index (χ0n) is 19.4. The minimum absolute atomic E-state index is 0.443. The van der Waals surface area contributed by atoms with E-state index >= 15 is 0 Å². The van der Waals surface area contributed by atoms with Crippen LogP contribution < -0.4 is 0 Å². The molecule has 0 nitrogen and oxygen atoms in total. The molecule has 0 amide bonds. The maximum absolute atomic E-state index is 2.64. The zero-order chi connectivity index (χ0) is 20.1. The van der Waals surface area contributed by atoms with Crippen LogP contribution in [0.15, 0.2) is 35.5 Å². The minimum Gasteiger partial charge on any atom is -0.0852 e. The molecule has 0 aromatic heterocycles. The van der Waals surface area contributed by atoms with Crippen LogP contribution in [0, 0.1) is 46.3 Å². The Morgan fingerprint density at radius 1 is 0.964 bits per heavy atom. The van der Waals surface area contributed by atoms with Crippen molar-refractivity contribution >= 4 is 0 Å². The van der Waals surface area contributed by atoms with Crippen molar-refractivity contribution in [2.75, 3.05) is 0 Å². The number of hydrogen-bond donors (Lipinski definition) is 0. The Hall–Kier alpha value is -0.780. The van der Waals surface area contributed by atoms with Crippen molar-refractivity contribution in [3.05, 3.63) is 35.5 Å². The van der Waals surface area contributed by atoms with Crippen LogP contribution in [0.3, 0.4) is 0 Å². The van der Waals surface area contributed by atoms with Gasteiger partial charge in [-0.1, -0.05) is 84.3 Å². The normalized spacial score (nSPS) is 42.5. The summed E-state index contributed by atoms with van der Waals surface area (Å²) in [6.07, 6.45) is 21.7. The summed E-state index contributed by atoms with van der Waals surface area (Å²) < 4.78 is 0. The second-order valence-electron chi connectivity index (χ2n) is 11.7. The zero-order valence-corrected chi connectivity index (χ0v) is 19.4. The molecule has 0 saturated heterocycles. The average Bonchev–Trinajstić information content (AvgIpc) is 3.02. The predicted molar refractivity (Wildman–Crippen MR) is 122 cm³/mol. The first-order valence-corrected chi connectivity index (χ1v) is 12.4. The first-order chi connectivity index (χ1) is 13.3. The van der Waals surface area contributed by atoms with E-state index in [1.807, 2.05) is 5.57 Å². The second kappa shape index (κ2) is 7.48. The molecule has 28 heavy (non-hydrogen) atoms. The summed E-state index contributed by atoms with van der Waals surface area (Å²) in [6, 6.07) is 0. The molecule has 0 N–H and O–H groups in total. The quantitative estimate of drug-likeness (QED) is 0.430. The van der Waals surface area contributed by atoms with Crippen LogP contribution in [0.2, 0.25) is 0 Å². The van der Waals surface area contributed by atoms with Gasteiger partial charge in [0.15, 0.2) is 0 Å². The lowest BCUT2D eigenvalue weighted by atomic mass is 9.51. The van der Waals surface area contributed by atoms with E-state index < -0.39 is 0 Å². The van der Waals surface area contributed by atoms with Crippen LogP contribution >= 0.6 is 0 Å². The summed E-state index contributed by atoms with van der Waals surface area (Å²) >= 11 is 0. The fourth-order valence-corrected chi connectivity index (χ4v) is 7.55. The monoisotopic (exact) mass is 380 g/mol. The van der Waals surface area contributed by atoms with Gasteiger partial charge in [-0.3, -0.25) is 0 Å². The fraction of sp³-hybridized carbons (Fsp3) is 0.786. The second-order valence-corrected chi connectivity index (χ2v) is 11.7. The van der Waals surface area contributed by atoms with Gasteiger partial charge in [0.1, 0.15) is 0 Å². The molecule has 0 aromatic rings. The molecule has 0 heteroatoms. The van der Waals surface area contributed by atoms with Crippen molar-refractivity contribution in [3.8, 4) is 0 Å². The van der Waals surface area contributed by atoms with Gasteiger partial charge in [0.2, 0.25) is 0 Å². The molecule has 0 spiro atoms. The molecule has 2 saturated carbocycles. The summed E-state index contributed by atoms with van der Waals surface area (Å²) in [5, 5.41) is 0. The molecule has 4 aliphatic rings. The highest BCUT2D eigenvalue weighted by molar-refractivity contribution is 5.42. The molecular formula is C28H44. The Morgan fingerprint density at radius 2 is 1.75 bits per heavy atom. The molecule has 156 valence electrons. The van der Waals surface area contributed by atoms with Crippen molar-refractivity contribution in [1.29, 1.82) is 0 Å². The fourth-order valence-electron chi connectivity index (χ4n) is 7.55. The van der Waals surface area contributed by atoms with E-state index in [0.29, 0.717) is 22.7 Å².